The van der Waals surface area contributed by atoms with Crippen molar-refractivity contribution in [3.05, 3.63) is 65.4 Å². The number of hydrogen-bond acceptors (Lipinski definition) is 7. The Morgan fingerprint density at radius 3 is 2.63 bits per heavy atom. The van der Waals surface area contributed by atoms with Crippen LogP contribution in [0, 0.1) is 0 Å². The lowest BCUT2D eigenvalue weighted by atomic mass is 9.95. The molecule has 8 heteroatoms. The minimum Gasteiger partial charge on any atom is -0.462 e. The van der Waals surface area contributed by atoms with Crippen LogP contribution in [0.4, 0.5) is 0 Å². The Morgan fingerprint density at radius 2 is 1.86 bits per heavy atom. The van der Waals surface area contributed by atoms with E-state index in [1.54, 1.807) is 7.11 Å². The number of rotatable bonds is 11. The van der Waals surface area contributed by atoms with Gasteiger partial charge in [0.05, 0.1) is 19.2 Å². The Morgan fingerprint density at radius 1 is 1.03 bits per heavy atom. The SMILES string of the molecule is COCc1ccc(CN2CCC(c3nnc(SCCc4ccccc4)n3C[C@H]3CCCO3)CC2)o1. The Balaban J connectivity index is 1.21. The molecule has 2 fully saturated rings. The lowest BCUT2D eigenvalue weighted by Crippen LogP contribution is -2.33. The quantitative estimate of drug-likeness (QED) is 0.350. The van der Waals surface area contributed by atoms with Crippen molar-refractivity contribution < 1.29 is 13.9 Å². The number of nitrogens with zero attached hydrogens (tertiary/aromatic N) is 4. The summed E-state index contributed by atoms with van der Waals surface area (Å²) in [4.78, 5) is 2.47. The number of methoxy groups -OCH3 is 1. The smallest absolute Gasteiger partial charge is 0.191 e. The van der Waals surface area contributed by atoms with E-state index in [1.807, 2.05) is 17.8 Å². The highest BCUT2D eigenvalue weighted by molar-refractivity contribution is 7.99. The van der Waals surface area contributed by atoms with Crippen molar-refractivity contribution in [1.82, 2.24) is 19.7 Å². The van der Waals surface area contributed by atoms with Gasteiger partial charge in [-0.05, 0) is 62.9 Å². The molecule has 1 aromatic carbocycles. The van der Waals surface area contributed by atoms with Gasteiger partial charge in [0.25, 0.3) is 0 Å². The molecule has 0 saturated carbocycles. The van der Waals surface area contributed by atoms with Crippen LogP contribution in [0.25, 0.3) is 0 Å². The molecule has 2 aliphatic heterocycles. The summed E-state index contributed by atoms with van der Waals surface area (Å²) in [5.74, 6) is 4.47. The van der Waals surface area contributed by atoms with Gasteiger partial charge in [0.2, 0.25) is 0 Å². The fraction of sp³-hybridized carbons (Fsp3) is 0.556. The Kier molecular flexibility index (Phi) is 8.57. The predicted octanol–water partition coefficient (Wildman–Crippen LogP) is 4.91. The maximum atomic E-state index is 5.99. The third-order valence-corrected chi connectivity index (χ3v) is 7.92. The van der Waals surface area contributed by atoms with Crippen molar-refractivity contribution >= 4 is 11.8 Å². The van der Waals surface area contributed by atoms with Gasteiger partial charge >= 0.3 is 0 Å². The van der Waals surface area contributed by atoms with E-state index in [2.05, 4.69) is 51.0 Å². The maximum absolute atomic E-state index is 5.99. The van der Waals surface area contributed by atoms with Crippen molar-refractivity contribution in [1.29, 1.82) is 0 Å². The van der Waals surface area contributed by atoms with E-state index in [9.17, 15) is 0 Å². The lowest BCUT2D eigenvalue weighted by Gasteiger charge is -2.31. The first-order valence-corrected chi connectivity index (χ1v) is 13.8. The standard InChI is InChI=1S/C27H36N4O3S/c1-32-20-25-10-9-24(34-25)18-30-14-11-22(12-15-30)26-28-29-27(31(26)19-23-8-5-16-33-23)35-17-13-21-6-3-2-4-7-21/h2-4,6-7,9-10,22-23H,5,8,11-20H2,1H3/t23-/m1/s1. The molecule has 0 spiro atoms. The number of furan rings is 1. The number of piperidine rings is 1. The summed E-state index contributed by atoms with van der Waals surface area (Å²) >= 11 is 1.82. The van der Waals surface area contributed by atoms with Gasteiger partial charge in [0, 0.05) is 25.4 Å². The van der Waals surface area contributed by atoms with E-state index < -0.39 is 0 Å². The zero-order valence-electron chi connectivity index (χ0n) is 20.6. The first kappa shape index (κ1) is 24.6. The van der Waals surface area contributed by atoms with Crippen LogP contribution in [0.1, 0.15) is 54.5 Å². The first-order chi connectivity index (χ1) is 17.3. The third kappa shape index (κ3) is 6.55. The summed E-state index contributed by atoms with van der Waals surface area (Å²) in [5.41, 5.74) is 1.36. The van der Waals surface area contributed by atoms with Gasteiger partial charge in [0.15, 0.2) is 5.16 Å². The molecular formula is C27H36N4O3S. The largest absolute Gasteiger partial charge is 0.462 e. The number of thioether (sulfide) groups is 1. The van der Waals surface area contributed by atoms with Gasteiger partial charge < -0.3 is 18.5 Å². The number of aromatic nitrogens is 3. The number of ether oxygens (including phenoxy) is 2. The summed E-state index contributed by atoms with van der Waals surface area (Å²) < 4.78 is 19.4. The second-order valence-electron chi connectivity index (χ2n) is 9.52. The molecule has 0 N–H and O–H groups in total. The zero-order valence-corrected chi connectivity index (χ0v) is 21.4. The average molecular weight is 497 g/mol. The Bertz CT molecular complexity index is 1040. The molecule has 3 aromatic rings. The van der Waals surface area contributed by atoms with Crippen molar-refractivity contribution in [2.75, 3.05) is 32.6 Å². The Hall–Kier alpha value is -2.13. The van der Waals surface area contributed by atoms with Crippen molar-refractivity contribution in [3.8, 4) is 0 Å². The van der Waals surface area contributed by atoms with Gasteiger partial charge in [-0.3, -0.25) is 4.90 Å². The molecule has 35 heavy (non-hydrogen) atoms. The topological polar surface area (TPSA) is 65.5 Å². The highest BCUT2D eigenvalue weighted by Crippen LogP contribution is 2.31. The number of hydrogen-bond donors (Lipinski definition) is 0. The average Bonchev–Trinajstić information content (AvgIpc) is 3.64. The summed E-state index contributed by atoms with van der Waals surface area (Å²) in [6.45, 7) is 5.18. The molecule has 2 saturated heterocycles. The Labute approximate surface area is 212 Å². The normalized spacial score (nSPS) is 19.5. The number of likely N-dealkylation sites (tertiary alicyclic amines) is 1. The molecule has 0 bridgehead atoms. The molecule has 5 rings (SSSR count). The first-order valence-electron chi connectivity index (χ1n) is 12.8. The van der Waals surface area contributed by atoms with Gasteiger partial charge in [-0.25, -0.2) is 0 Å². The van der Waals surface area contributed by atoms with E-state index in [0.29, 0.717) is 12.5 Å². The van der Waals surface area contributed by atoms with Crippen LogP contribution in [0.15, 0.2) is 52.0 Å². The molecule has 2 aliphatic rings. The van der Waals surface area contributed by atoms with Crippen LogP contribution < -0.4 is 0 Å². The van der Waals surface area contributed by atoms with Crippen molar-refractivity contribution in [2.45, 2.75) is 69.0 Å². The molecule has 0 amide bonds. The van der Waals surface area contributed by atoms with Crippen LogP contribution in [-0.2, 0) is 35.6 Å². The van der Waals surface area contributed by atoms with Gasteiger partial charge in [-0.1, -0.05) is 42.1 Å². The van der Waals surface area contributed by atoms with Gasteiger partial charge in [-0.2, -0.15) is 0 Å². The van der Waals surface area contributed by atoms with E-state index in [0.717, 1.165) is 93.1 Å². The number of benzene rings is 1. The molecule has 0 aliphatic carbocycles. The van der Waals surface area contributed by atoms with Gasteiger partial charge in [0.1, 0.15) is 24.0 Å². The van der Waals surface area contributed by atoms with E-state index in [1.165, 1.54) is 5.56 Å². The zero-order chi connectivity index (χ0) is 23.9. The van der Waals surface area contributed by atoms with E-state index in [-0.39, 0.29) is 6.10 Å². The minimum absolute atomic E-state index is 0.276. The fourth-order valence-electron chi connectivity index (χ4n) is 5.07. The lowest BCUT2D eigenvalue weighted by molar-refractivity contribution is 0.0930. The predicted molar refractivity (Wildman–Crippen MR) is 137 cm³/mol. The summed E-state index contributed by atoms with van der Waals surface area (Å²) in [7, 11) is 1.69. The van der Waals surface area contributed by atoms with Crippen molar-refractivity contribution in [3.63, 3.8) is 0 Å². The summed E-state index contributed by atoms with van der Waals surface area (Å²) in [6, 6.07) is 14.7. The van der Waals surface area contributed by atoms with E-state index in [4.69, 9.17) is 19.0 Å². The highest BCUT2D eigenvalue weighted by atomic mass is 32.2. The molecular weight excluding hydrogens is 460 g/mol. The maximum Gasteiger partial charge on any atom is 0.191 e. The van der Waals surface area contributed by atoms with Crippen LogP contribution in [-0.4, -0.2) is 58.3 Å². The molecule has 7 nitrogen and oxygen atoms in total. The molecule has 4 heterocycles. The third-order valence-electron chi connectivity index (χ3n) is 6.96. The highest BCUT2D eigenvalue weighted by Gasteiger charge is 2.28. The monoisotopic (exact) mass is 496 g/mol. The minimum atomic E-state index is 0.276. The van der Waals surface area contributed by atoms with E-state index >= 15 is 0 Å². The van der Waals surface area contributed by atoms with Gasteiger partial charge in [-0.15, -0.1) is 10.2 Å². The molecule has 0 unspecified atom stereocenters. The second kappa shape index (κ2) is 12.2. The fourth-order valence-corrected chi connectivity index (χ4v) is 6.02. The van der Waals surface area contributed by atoms with Crippen molar-refractivity contribution in [2.24, 2.45) is 0 Å². The molecule has 188 valence electrons. The van der Waals surface area contributed by atoms with Crippen LogP contribution in [0.2, 0.25) is 0 Å². The summed E-state index contributed by atoms with van der Waals surface area (Å²) in [6.07, 6.45) is 5.76. The van der Waals surface area contributed by atoms with Crippen LogP contribution in [0.3, 0.4) is 0 Å². The van der Waals surface area contributed by atoms with Crippen LogP contribution >= 0.6 is 11.8 Å². The number of aryl methyl sites for hydroxylation is 1. The molecule has 2 aromatic heterocycles. The van der Waals surface area contributed by atoms with Crippen LogP contribution in [0.5, 0.6) is 0 Å². The molecule has 0 radical (unpaired) electrons. The summed E-state index contributed by atoms with van der Waals surface area (Å²) in [5, 5.41) is 10.4. The molecule has 1 atom stereocenters. The second-order valence-corrected chi connectivity index (χ2v) is 10.6.